The van der Waals surface area contributed by atoms with E-state index in [0.29, 0.717) is 0 Å². The van der Waals surface area contributed by atoms with Gasteiger partial charge in [0.1, 0.15) is 5.57 Å². The number of aryl methyl sites for hydroxylation is 2. The molecule has 97 heavy (non-hydrogen) atoms. The zero-order chi connectivity index (χ0) is 68.9. The Morgan fingerprint density at radius 2 is 0.515 bits per heavy atom. The van der Waals surface area contributed by atoms with E-state index in [-0.39, 0.29) is 0 Å². The second-order valence-electron chi connectivity index (χ2n) is 30.7. The van der Waals surface area contributed by atoms with Crippen LogP contribution >= 0.6 is 0 Å². The van der Waals surface area contributed by atoms with Crippen molar-refractivity contribution < 1.29 is 4.70 Å². The molecule has 0 amide bonds. The lowest BCUT2D eigenvalue weighted by molar-refractivity contribution is -0.345. The number of unbranched alkanes of at least 4 members (excludes halogenated alkanes) is 60. The number of allylic oxidation sites excluding steroid dienone is 6. The summed E-state index contributed by atoms with van der Waals surface area (Å²) < 4.78 is 1.59. The molecule has 0 saturated carbocycles. The molecule has 2 heteroatoms. The first-order valence-electron chi connectivity index (χ1n) is 44.1. The van der Waals surface area contributed by atoms with E-state index in [1.807, 2.05) is 0 Å². The molecule has 3 rings (SSSR count). The predicted octanol–water partition coefficient (Wildman–Crippen LogP) is 33.3. The minimum absolute atomic E-state index is 0.898. The van der Waals surface area contributed by atoms with E-state index in [1.54, 1.807) is 4.70 Å². The van der Waals surface area contributed by atoms with Crippen molar-refractivity contribution in [3.8, 4) is 11.8 Å². The van der Waals surface area contributed by atoms with Crippen molar-refractivity contribution in [2.75, 3.05) is 0 Å². The van der Waals surface area contributed by atoms with Crippen LogP contribution in [0.25, 0.3) is 16.9 Å². The maximum Gasteiger partial charge on any atom is 0.223 e. The lowest BCUT2D eigenvalue weighted by Crippen LogP contribution is -2.06. The number of hydrogen-bond acceptors (Lipinski definition) is 0. The van der Waals surface area contributed by atoms with Gasteiger partial charge in [-0.1, -0.05) is 466 Å². The maximum atomic E-state index is 12.9. The third kappa shape index (κ3) is 48.1. The molecule has 1 aliphatic rings. The Hall–Kier alpha value is -3.44. The van der Waals surface area contributed by atoms with Crippen LogP contribution in [0.2, 0.25) is 0 Å². The summed E-state index contributed by atoms with van der Waals surface area (Å²) in [5, 5.41) is 0. The van der Waals surface area contributed by atoms with Gasteiger partial charge in [0.2, 0.25) is 11.4 Å². The molecule has 0 unspecified atom stereocenters. The molecule has 0 spiro atoms. The molecule has 0 fully saturated rings. The Balaban J connectivity index is 1.51. The average molecular weight is 1330 g/mol. The van der Waals surface area contributed by atoms with Gasteiger partial charge in [-0.05, 0) is 93.9 Å². The van der Waals surface area contributed by atoms with Crippen LogP contribution in [-0.2, 0) is 12.8 Å². The number of nitrogens with zero attached hydrogens (tertiary/aromatic N) is 2. The van der Waals surface area contributed by atoms with Crippen molar-refractivity contribution >= 4 is 11.4 Å². The van der Waals surface area contributed by atoms with E-state index in [4.69, 9.17) is 0 Å². The summed E-state index contributed by atoms with van der Waals surface area (Å²) in [6, 6.07) is 17.9. The Morgan fingerprint density at radius 3 is 0.814 bits per heavy atom. The molecule has 0 saturated heterocycles. The molecule has 0 N–H and O–H groups in total. The van der Waals surface area contributed by atoms with Gasteiger partial charge in [0.25, 0.3) is 0 Å². The Morgan fingerprint density at radius 1 is 0.268 bits per heavy atom. The van der Waals surface area contributed by atoms with Gasteiger partial charge in [-0.15, -0.1) is 0 Å². The maximum absolute atomic E-state index is 12.9. The van der Waals surface area contributed by atoms with Gasteiger partial charge in [0.15, 0.2) is 0 Å². The van der Waals surface area contributed by atoms with Gasteiger partial charge in [0, 0.05) is 17.6 Å². The van der Waals surface area contributed by atoms with E-state index < -0.39 is 0 Å². The van der Waals surface area contributed by atoms with Gasteiger partial charge in [-0.3, -0.25) is 0 Å². The highest BCUT2D eigenvalue weighted by Crippen LogP contribution is 2.44. The second-order valence-corrected chi connectivity index (χ2v) is 30.7. The fourth-order valence-electron chi connectivity index (χ4n) is 15.2. The standard InChI is InChI=1S/C95H162N2/c1-5-9-13-16-19-22-25-28-31-34-37-40-43-44-45-48-51-54-57-60-63-66-69-72-75-87-93-92(84-12-8-4)94(90-85-78-76-82-88(90)80-73-70-67-64-61-58-55-52-49-46-41-38-35-32-29-26-23-20-17-14-10-6-2)97(96)95(93)91-86-79-77-83-89(91)81-74-71-68-65-62-59-56-53-50-47-42-39-36-33-30-27-24-21-18-15-11-7-3/h67-68,70-71,76-79,82-83,85-86H,5-66,69,72-74,80-81,84H2,1-4H3. The predicted molar refractivity (Wildman–Crippen MR) is 436 cm³/mol. The summed E-state index contributed by atoms with van der Waals surface area (Å²) in [4.78, 5) is 0. The van der Waals surface area contributed by atoms with E-state index in [9.17, 15) is 5.53 Å². The number of rotatable bonds is 72. The fraction of sp³-hybridized carbons (Fsp3) is 0.768. The normalized spacial score (nSPS) is 12.7. The zero-order valence-corrected chi connectivity index (χ0v) is 65.6. The third-order valence-electron chi connectivity index (χ3n) is 21.6. The largest absolute Gasteiger partial charge is 0.493 e. The van der Waals surface area contributed by atoms with Gasteiger partial charge >= 0.3 is 0 Å². The molecule has 2 nitrogen and oxygen atoms in total. The first-order chi connectivity index (χ1) is 48.2. The van der Waals surface area contributed by atoms with Crippen LogP contribution in [0.3, 0.4) is 0 Å². The minimum atomic E-state index is 0.898. The molecule has 2 aromatic rings. The van der Waals surface area contributed by atoms with Crippen LogP contribution in [-0.4, -0.2) is 4.70 Å². The van der Waals surface area contributed by atoms with Crippen molar-refractivity contribution in [2.45, 2.75) is 471 Å². The van der Waals surface area contributed by atoms with Crippen molar-refractivity contribution in [2.24, 2.45) is 0 Å². The molecular weight excluding hydrogens is 1170 g/mol. The summed E-state index contributed by atoms with van der Waals surface area (Å²) in [7, 11) is 0. The lowest BCUT2D eigenvalue weighted by atomic mass is 9.92. The summed E-state index contributed by atoms with van der Waals surface area (Å²) in [6.45, 7) is 9.24. The molecular formula is C95H162N2. The third-order valence-corrected chi connectivity index (χ3v) is 21.6. The highest BCUT2D eigenvalue weighted by atomic mass is 15.2. The Bertz CT molecular complexity index is 2270. The van der Waals surface area contributed by atoms with E-state index >= 15 is 0 Å². The topological polar surface area (TPSA) is 25.3 Å². The van der Waals surface area contributed by atoms with Crippen molar-refractivity contribution in [1.29, 1.82) is 0 Å². The van der Waals surface area contributed by atoms with Gasteiger partial charge in [0.05, 0.1) is 5.56 Å². The van der Waals surface area contributed by atoms with Gasteiger partial charge < -0.3 is 5.53 Å². The van der Waals surface area contributed by atoms with Crippen molar-refractivity contribution in [1.82, 2.24) is 0 Å². The first kappa shape index (κ1) is 87.8. The Labute approximate surface area is 606 Å². The Kier molecular flexibility index (Phi) is 61.8. The molecule has 2 aromatic carbocycles. The van der Waals surface area contributed by atoms with E-state index in [2.05, 4.69) is 112 Å². The molecule has 0 aromatic heterocycles. The van der Waals surface area contributed by atoms with Crippen molar-refractivity contribution in [3.05, 3.63) is 112 Å². The van der Waals surface area contributed by atoms with Crippen LogP contribution in [0.1, 0.15) is 480 Å². The monoisotopic (exact) mass is 1330 g/mol. The second kappa shape index (κ2) is 68.3. The SMILES string of the molecule is CCCCCCCCCCCCCCCCCCCCC=CCCc1ccccc1C1=C(C#CCCCCCCCCCCCCCCCCCCCCCCCCC)C(CCCC)=C(c2ccccc2CCC=CCCCCCCCCCCCCCCCCCCCC)[N+]1=[N-]. The highest BCUT2D eigenvalue weighted by Gasteiger charge is 2.36. The number of benzene rings is 2. The summed E-state index contributed by atoms with van der Waals surface area (Å²) in [5.41, 5.74) is 21.9. The van der Waals surface area contributed by atoms with E-state index in [0.717, 1.165) is 85.9 Å². The number of hydrogen-bond donors (Lipinski definition) is 0. The fourth-order valence-corrected chi connectivity index (χ4v) is 15.2. The van der Waals surface area contributed by atoms with Gasteiger partial charge in [-0.25, -0.2) is 4.70 Å². The van der Waals surface area contributed by atoms with Crippen LogP contribution < -0.4 is 0 Å². The van der Waals surface area contributed by atoms with Gasteiger partial charge in [-0.2, -0.15) is 0 Å². The zero-order valence-electron chi connectivity index (χ0n) is 65.6. The molecule has 0 aliphatic carbocycles. The van der Waals surface area contributed by atoms with E-state index in [1.165, 1.54) is 402 Å². The molecule has 1 aliphatic heterocycles. The van der Waals surface area contributed by atoms with Crippen LogP contribution in [0.4, 0.5) is 0 Å². The minimum Gasteiger partial charge on any atom is -0.493 e. The molecule has 0 atom stereocenters. The smallest absolute Gasteiger partial charge is 0.223 e. The molecule has 1 heterocycles. The first-order valence-corrected chi connectivity index (χ1v) is 44.1. The lowest BCUT2D eigenvalue weighted by Gasteiger charge is -2.14. The van der Waals surface area contributed by atoms with Crippen molar-refractivity contribution in [3.63, 3.8) is 0 Å². The van der Waals surface area contributed by atoms with Crippen LogP contribution in [0, 0.1) is 11.8 Å². The average Bonchev–Trinajstić information content (AvgIpc) is 1.60. The summed E-state index contributed by atoms with van der Waals surface area (Å²) in [6.07, 6.45) is 104. The van der Waals surface area contributed by atoms with Crippen LogP contribution in [0.5, 0.6) is 0 Å². The molecule has 552 valence electrons. The summed E-state index contributed by atoms with van der Waals surface area (Å²) >= 11 is 0. The van der Waals surface area contributed by atoms with Crippen LogP contribution in [0.15, 0.2) is 84.0 Å². The molecule has 0 radical (unpaired) electrons. The quantitative estimate of drug-likeness (QED) is 0.0273. The highest BCUT2D eigenvalue weighted by molar-refractivity contribution is 5.86. The summed E-state index contributed by atoms with van der Waals surface area (Å²) in [5.74, 6) is 7.55. The molecule has 0 bridgehead atoms.